The average Bonchev–Trinajstić information content (AvgIpc) is 3.28. The van der Waals surface area contributed by atoms with Gasteiger partial charge in [0, 0.05) is 18.6 Å². The zero-order valence-electron chi connectivity index (χ0n) is 18.4. The van der Waals surface area contributed by atoms with Gasteiger partial charge in [0.15, 0.2) is 0 Å². The Bertz CT molecular complexity index is 958. The molecule has 0 heterocycles. The number of hydrogen-bond donors (Lipinski definition) is 0. The zero-order chi connectivity index (χ0) is 21.6. The summed E-state index contributed by atoms with van der Waals surface area (Å²) in [5.41, 5.74) is 3.76. The smallest absolute Gasteiger partial charge is 0.310 e. The van der Waals surface area contributed by atoms with Gasteiger partial charge in [-0.25, -0.2) is 0 Å². The number of carbonyl (C=O) groups excluding carboxylic acids is 1. The minimum Gasteiger partial charge on any atom is -0.469 e. The van der Waals surface area contributed by atoms with Crippen LogP contribution in [-0.4, -0.2) is 24.0 Å². The summed E-state index contributed by atoms with van der Waals surface area (Å²) in [5.74, 6) is -0.100. The fourth-order valence-electron chi connectivity index (χ4n) is 5.14. The number of esters is 1. The first kappa shape index (κ1) is 21.3. The first-order chi connectivity index (χ1) is 15.2. The molecular weight excluding hydrogens is 382 g/mol. The van der Waals surface area contributed by atoms with E-state index in [-0.39, 0.29) is 29.9 Å². The molecule has 1 aliphatic carbocycles. The molecule has 0 N–H and O–H groups in total. The Morgan fingerprint density at radius 2 is 1.48 bits per heavy atom. The number of benzene rings is 3. The van der Waals surface area contributed by atoms with Crippen LogP contribution < -0.4 is 0 Å². The van der Waals surface area contributed by atoms with Gasteiger partial charge in [-0.05, 0) is 42.4 Å². The summed E-state index contributed by atoms with van der Waals surface area (Å²) in [6, 6.07) is 31.9. The molecule has 0 amide bonds. The predicted molar refractivity (Wildman–Crippen MR) is 125 cm³/mol. The molecule has 160 valence electrons. The second-order valence-electron chi connectivity index (χ2n) is 8.46. The maximum Gasteiger partial charge on any atom is 0.310 e. The molecule has 0 aromatic heterocycles. The van der Waals surface area contributed by atoms with Crippen molar-refractivity contribution < 1.29 is 9.53 Å². The summed E-state index contributed by atoms with van der Waals surface area (Å²) in [6.07, 6.45) is 1.96. The Morgan fingerprint density at radius 1 is 0.903 bits per heavy atom. The quantitative estimate of drug-likeness (QED) is 0.446. The number of methoxy groups -OCH3 is 1. The molecule has 0 spiro atoms. The van der Waals surface area contributed by atoms with Crippen molar-refractivity contribution >= 4 is 5.97 Å². The molecule has 4 atom stereocenters. The first-order valence-electron chi connectivity index (χ1n) is 11.2. The van der Waals surface area contributed by atoms with Crippen LogP contribution in [0, 0.1) is 5.92 Å². The van der Waals surface area contributed by atoms with Gasteiger partial charge >= 0.3 is 5.97 Å². The first-order valence-corrected chi connectivity index (χ1v) is 11.2. The maximum absolute atomic E-state index is 13.1. The predicted octanol–water partition coefficient (Wildman–Crippen LogP) is 5.99. The van der Waals surface area contributed by atoms with Crippen molar-refractivity contribution in [1.82, 2.24) is 4.90 Å². The lowest BCUT2D eigenvalue weighted by Gasteiger charge is -2.38. The third-order valence-corrected chi connectivity index (χ3v) is 6.74. The Morgan fingerprint density at radius 3 is 2.10 bits per heavy atom. The molecule has 0 radical (unpaired) electrons. The molecule has 1 aliphatic rings. The van der Waals surface area contributed by atoms with E-state index in [4.69, 9.17) is 4.74 Å². The van der Waals surface area contributed by atoms with E-state index in [2.05, 4.69) is 90.7 Å². The number of rotatable bonds is 7. The molecule has 3 aromatic carbocycles. The second kappa shape index (κ2) is 9.93. The Labute approximate surface area is 185 Å². The van der Waals surface area contributed by atoms with Crippen LogP contribution in [0.3, 0.4) is 0 Å². The summed E-state index contributed by atoms with van der Waals surface area (Å²) in [6.45, 7) is 3.05. The van der Waals surface area contributed by atoms with E-state index in [1.54, 1.807) is 0 Å². The van der Waals surface area contributed by atoms with Crippen molar-refractivity contribution in [2.24, 2.45) is 5.92 Å². The monoisotopic (exact) mass is 413 g/mol. The lowest BCUT2D eigenvalue weighted by Crippen LogP contribution is -2.43. The fourth-order valence-corrected chi connectivity index (χ4v) is 5.14. The van der Waals surface area contributed by atoms with E-state index < -0.39 is 0 Å². The van der Waals surface area contributed by atoms with Crippen molar-refractivity contribution in [3.8, 4) is 0 Å². The van der Waals surface area contributed by atoms with Crippen LogP contribution in [0.4, 0.5) is 0 Å². The zero-order valence-corrected chi connectivity index (χ0v) is 18.4. The molecule has 3 nitrogen and oxygen atoms in total. The van der Waals surface area contributed by atoms with Gasteiger partial charge in [-0.3, -0.25) is 9.69 Å². The second-order valence-corrected chi connectivity index (χ2v) is 8.46. The fraction of sp³-hybridized carbons (Fsp3) is 0.321. The molecule has 31 heavy (non-hydrogen) atoms. The van der Waals surface area contributed by atoms with Gasteiger partial charge in [-0.15, -0.1) is 0 Å². The third kappa shape index (κ3) is 4.72. The third-order valence-electron chi connectivity index (χ3n) is 6.74. The number of hydrogen-bond acceptors (Lipinski definition) is 3. The van der Waals surface area contributed by atoms with Gasteiger partial charge < -0.3 is 4.74 Å². The lowest BCUT2D eigenvalue weighted by molar-refractivity contribution is -0.148. The van der Waals surface area contributed by atoms with Crippen molar-refractivity contribution in [1.29, 1.82) is 0 Å². The molecule has 3 heteroatoms. The maximum atomic E-state index is 13.1. The van der Waals surface area contributed by atoms with E-state index in [0.29, 0.717) is 0 Å². The Kier molecular flexibility index (Phi) is 6.83. The highest BCUT2D eigenvalue weighted by atomic mass is 16.5. The topological polar surface area (TPSA) is 29.5 Å². The Balaban J connectivity index is 1.71. The minimum absolute atomic E-state index is 0.102. The van der Waals surface area contributed by atoms with Crippen LogP contribution >= 0.6 is 0 Å². The average molecular weight is 414 g/mol. The van der Waals surface area contributed by atoms with Crippen LogP contribution in [0.1, 0.15) is 48.4 Å². The highest BCUT2D eigenvalue weighted by Crippen LogP contribution is 2.45. The molecule has 0 saturated heterocycles. The largest absolute Gasteiger partial charge is 0.469 e. The standard InChI is InChI=1S/C28H31NO2/c1-21(23-14-8-4-9-15-23)29(20-22-12-6-3-7-13-22)26-19-18-25(27(26)28(30)31-2)24-16-10-5-11-17-24/h3-17,21,25-27H,18-20H2,1-2H3/t21-,25+,26-,27+/m0/s1. The molecule has 0 unspecified atom stereocenters. The highest BCUT2D eigenvalue weighted by Gasteiger charge is 2.46. The van der Waals surface area contributed by atoms with E-state index >= 15 is 0 Å². The summed E-state index contributed by atoms with van der Waals surface area (Å²) in [5, 5.41) is 0. The van der Waals surface area contributed by atoms with Gasteiger partial charge in [-0.2, -0.15) is 0 Å². The summed E-state index contributed by atoms with van der Waals surface area (Å²) < 4.78 is 5.34. The van der Waals surface area contributed by atoms with E-state index in [1.807, 2.05) is 12.1 Å². The van der Waals surface area contributed by atoms with Crippen LogP contribution in [0.5, 0.6) is 0 Å². The number of nitrogens with zero attached hydrogens (tertiary/aromatic N) is 1. The van der Waals surface area contributed by atoms with E-state index in [1.165, 1.54) is 23.8 Å². The molecule has 4 rings (SSSR count). The molecular formula is C28H31NO2. The van der Waals surface area contributed by atoms with Gasteiger partial charge in [0.25, 0.3) is 0 Å². The number of ether oxygens (including phenoxy) is 1. The summed E-state index contributed by atoms with van der Waals surface area (Å²) >= 11 is 0. The van der Waals surface area contributed by atoms with Crippen molar-refractivity contribution in [3.63, 3.8) is 0 Å². The SMILES string of the molecule is COC(=O)[C@@H]1[C@@H](c2ccccc2)CC[C@@H]1N(Cc1ccccc1)[C@@H](C)c1ccccc1. The van der Waals surface area contributed by atoms with Crippen LogP contribution in [0.25, 0.3) is 0 Å². The molecule has 1 fully saturated rings. The van der Waals surface area contributed by atoms with Crippen molar-refractivity contribution in [2.45, 2.75) is 44.3 Å². The normalized spacial score (nSPS) is 21.7. The molecule has 3 aromatic rings. The van der Waals surface area contributed by atoms with Crippen LogP contribution in [0.2, 0.25) is 0 Å². The van der Waals surface area contributed by atoms with Gasteiger partial charge in [0.2, 0.25) is 0 Å². The van der Waals surface area contributed by atoms with Crippen molar-refractivity contribution in [2.75, 3.05) is 7.11 Å². The van der Waals surface area contributed by atoms with Gasteiger partial charge in [0.1, 0.15) is 0 Å². The van der Waals surface area contributed by atoms with E-state index in [0.717, 1.165) is 19.4 Å². The van der Waals surface area contributed by atoms with Gasteiger partial charge in [-0.1, -0.05) is 91.0 Å². The molecule has 0 aliphatic heterocycles. The van der Waals surface area contributed by atoms with E-state index in [9.17, 15) is 4.79 Å². The molecule has 0 bridgehead atoms. The van der Waals surface area contributed by atoms with Crippen molar-refractivity contribution in [3.05, 3.63) is 108 Å². The van der Waals surface area contributed by atoms with Crippen LogP contribution in [0.15, 0.2) is 91.0 Å². The van der Waals surface area contributed by atoms with Gasteiger partial charge in [0.05, 0.1) is 13.0 Å². The minimum atomic E-state index is -0.178. The van der Waals surface area contributed by atoms with Crippen LogP contribution in [-0.2, 0) is 16.1 Å². The summed E-state index contributed by atoms with van der Waals surface area (Å²) in [4.78, 5) is 15.6. The lowest BCUT2D eigenvalue weighted by atomic mass is 9.86. The summed E-state index contributed by atoms with van der Waals surface area (Å²) in [7, 11) is 1.52. The highest BCUT2D eigenvalue weighted by molar-refractivity contribution is 5.75. The molecule has 1 saturated carbocycles. The number of carbonyl (C=O) groups is 1. The Hall–Kier alpha value is -2.91.